The zero-order chi connectivity index (χ0) is 11.5. The number of allylic oxidation sites excluding steroid dienone is 4. The van der Waals surface area contributed by atoms with Gasteiger partial charge in [0, 0.05) is 21.7 Å². The number of rotatable bonds is 5. The van der Waals surface area contributed by atoms with Crippen LogP contribution in [0.1, 0.15) is 66.7 Å². The summed E-state index contributed by atoms with van der Waals surface area (Å²) in [6, 6.07) is 0. The average molecular weight is 253 g/mol. The van der Waals surface area contributed by atoms with Gasteiger partial charge in [0.25, 0.3) is 0 Å². The molecule has 0 radical (unpaired) electrons. The molecule has 0 fully saturated rings. The zero-order valence-corrected chi connectivity index (χ0v) is 13.1. The first-order valence-corrected chi connectivity index (χ1v) is 6.55. The Morgan fingerprint density at radius 3 is 1.75 bits per heavy atom. The van der Waals surface area contributed by atoms with E-state index in [4.69, 9.17) is 0 Å². The van der Waals surface area contributed by atoms with Crippen molar-refractivity contribution in [2.24, 2.45) is 5.41 Å². The van der Waals surface area contributed by atoms with Crippen molar-refractivity contribution in [2.75, 3.05) is 0 Å². The second kappa shape index (κ2) is 6.82. The van der Waals surface area contributed by atoms with E-state index in [9.17, 15) is 0 Å². The van der Waals surface area contributed by atoms with E-state index in [-0.39, 0.29) is 27.1 Å². The third kappa shape index (κ3) is 2.54. The predicted molar refractivity (Wildman–Crippen MR) is 67.7 cm³/mol. The smallest absolute Gasteiger partial charge is 0 e. The van der Waals surface area contributed by atoms with Crippen molar-refractivity contribution in [3.63, 3.8) is 0 Å². The molecule has 0 heterocycles. The maximum atomic E-state index is 3.80. The first-order valence-electron chi connectivity index (χ1n) is 6.55. The molecule has 1 aliphatic carbocycles. The van der Waals surface area contributed by atoms with Gasteiger partial charge in [-0.15, -0.1) is 0 Å². The summed E-state index contributed by atoms with van der Waals surface area (Å²) in [7, 11) is 0. The molecule has 0 N–H and O–H groups in total. The van der Waals surface area contributed by atoms with E-state index < -0.39 is 0 Å². The largest absolute Gasteiger partial charge is 0.262 e. The summed E-state index contributed by atoms with van der Waals surface area (Å²) in [6.07, 6.45) is 9.74. The van der Waals surface area contributed by atoms with Crippen LogP contribution >= 0.6 is 0 Å². The van der Waals surface area contributed by atoms with E-state index in [1.807, 2.05) is 0 Å². The molecule has 1 rings (SSSR count). The Labute approximate surface area is 116 Å². The van der Waals surface area contributed by atoms with E-state index in [0.717, 1.165) is 6.42 Å². The van der Waals surface area contributed by atoms with Crippen molar-refractivity contribution < 1.29 is 21.7 Å². The van der Waals surface area contributed by atoms with Gasteiger partial charge in [-0.1, -0.05) is 72.1 Å². The van der Waals surface area contributed by atoms with Gasteiger partial charge in [-0.2, -0.15) is 11.1 Å². The molecule has 0 unspecified atom stereocenters. The number of hydrogen-bond donors (Lipinski definition) is 0. The van der Waals surface area contributed by atoms with Crippen molar-refractivity contribution in [3.8, 4) is 0 Å². The van der Waals surface area contributed by atoms with Crippen molar-refractivity contribution in [1.29, 1.82) is 0 Å². The third-order valence-electron chi connectivity index (χ3n) is 3.96. The van der Waals surface area contributed by atoms with Crippen molar-refractivity contribution >= 4 is 0 Å². The first-order chi connectivity index (χ1) is 7.18. The van der Waals surface area contributed by atoms with Gasteiger partial charge in [-0.3, -0.25) is 6.08 Å². The van der Waals surface area contributed by atoms with Gasteiger partial charge < -0.3 is 0 Å². The van der Waals surface area contributed by atoms with Gasteiger partial charge in [0.05, 0.1) is 0 Å². The Balaban J connectivity index is 0.00000225. The van der Waals surface area contributed by atoms with E-state index in [1.54, 1.807) is 11.1 Å². The molecule has 0 spiro atoms. The Hall–Kier alpha value is 0.194. The normalized spacial score (nSPS) is 18.4. The van der Waals surface area contributed by atoms with Gasteiger partial charge in [0.1, 0.15) is 0 Å². The summed E-state index contributed by atoms with van der Waals surface area (Å²) in [4.78, 5) is 0. The molecule has 0 aromatic carbocycles. The van der Waals surface area contributed by atoms with Crippen LogP contribution in [0, 0.1) is 11.5 Å². The van der Waals surface area contributed by atoms with Crippen LogP contribution in [0.2, 0.25) is 0 Å². The fourth-order valence-electron chi connectivity index (χ4n) is 3.04. The molecule has 90 valence electrons. The third-order valence-corrected chi connectivity index (χ3v) is 3.96. The number of hydrogen-bond acceptors (Lipinski definition) is 0. The van der Waals surface area contributed by atoms with Crippen molar-refractivity contribution in [1.82, 2.24) is 0 Å². The van der Waals surface area contributed by atoms with Gasteiger partial charge in [-0.25, -0.2) is 5.57 Å². The average Bonchev–Trinajstić information content (AvgIpc) is 2.62. The molecule has 0 saturated heterocycles. The molecule has 0 amide bonds. The molecule has 0 aliphatic heterocycles. The second-order valence-corrected chi connectivity index (χ2v) is 4.41. The maximum absolute atomic E-state index is 3.80. The van der Waals surface area contributed by atoms with E-state index in [2.05, 4.69) is 40.7 Å². The second-order valence-electron chi connectivity index (χ2n) is 4.41. The predicted octanol–water partition coefficient (Wildman–Crippen LogP) is 5.06. The minimum absolute atomic E-state index is 0. The van der Waals surface area contributed by atoms with Crippen LogP contribution in [0.3, 0.4) is 0 Å². The molecular formula is C15H25Ti-. The Morgan fingerprint density at radius 1 is 0.875 bits per heavy atom. The summed E-state index contributed by atoms with van der Waals surface area (Å²) in [5.74, 6) is 0. The van der Waals surface area contributed by atoms with Gasteiger partial charge in [0.15, 0.2) is 0 Å². The van der Waals surface area contributed by atoms with Gasteiger partial charge >= 0.3 is 0 Å². The molecule has 0 bridgehead atoms. The molecule has 0 nitrogen and oxygen atoms in total. The molecule has 0 atom stereocenters. The summed E-state index contributed by atoms with van der Waals surface area (Å²) in [6.45, 7) is 11.4. The quantitative estimate of drug-likeness (QED) is 0.474. The Bertz CT molecular complexity index is 280. The van der Waals surface area contributed by atoms with Crippen LogP contribution in [0.5, 0.6) is 0 Å². The summed E-state index contributed by atoms with van der Waals surface area (Å²) >= 11 is 0. The van der Waals surface area contributed by atoms with Crippen LogP contribution in [-0.4, -0.2) is 0 Å². The van der Waals surface area contributed by atoms with Gasteiger partial charge in [0.2, 0.25) is 0 Å². The van der Waals surface area contributed by atoms with E-state index >= 15 is 0 Å². The monoisotopic (exact) mass is 253 g/mol. The minimum Gasteiger partial charge on any atom is -0.262 e. The van der Waals surface area contributed by atoms with Crippen molar-refractivity contribution in [2.45, 2.75) is 66.7 Å². The van der Waals surface area contributed by atoms with Crippen LogP contribution < -0.4 is 0 Å². The summed E-state index contributed by atoms with van der Waals surface area (Å²) in [5, 5.41) is 0. The Morgan fingerprint density at radius 2 is 1.44 bits per heavy atom. The molecule has 0 aromatic rings. The van der Waals surface area contributed by atoms with Crippen LogP contribution in [0.25, 0.3) is 0 Å². The molecule has 1 heteroatoms. The molecule has 0 saturated carbocycles. The minimum atomic E-state index is 0. The van der Waals surface area contributed by atoms with Crippen LogP contribution in [0.15, 0.2) is 16.7 Å². The first kappa shape index (κ1) is 16.2. The summed E-state index contributed by atoms with van der Waals surface area (Å²) < 4.78 is 0. The molecule has 1 aliphatic rings. The molecular weight excluding hydrogens is 228 g/mol. The van der Waals surface area contributed by atoms with Gasteiger partial charge in [-0.05, 0) is 0 Å². The van der Waals surface area contributed by atoms with E-state index in [1.165, 1.54) is 31.3 Å². The topological polar surface area (TPSA) is 0 Å². The van der Waals surface area contributed by atoms with Crippen LogP contribution in [-0.2, 0) is 21.7 Å². The standard InChI is InChI=1S/C15H25.Ti/c1-6-12-11-15(9-4,10-5)14(8-3)13(12)7-2;/h6-10H2,1-5H3;/q-1;. The zero-order valence-electron chi connectivity index (χ0n) is 11.5. The SMILES string of the molecule is CCC1=[C-]C(CC)(CC)C(CC)=C1CC.[Ti]. The summed E-state index contributed by atoms with van der Waals surface area (Å²) in [5.41, 5.74) is 5.07. The Kier molecular flexibility index (Phi) is 6.90. The van der Waals surface area contributed by atoms with Crippen LogP contribution in [0.4, 0.5) is 0 Å². The maximum Gasteiger partial charge on any atom is 0 e. The molecule has 0 aromatic heterocycles. The molecule has 16 heavy (non-hydrogen) atoms. The fourth-order valence-corrected chi connectivity index (χ4v) is 3.04. The van der Waals surface area contributed by atoms with E-state index in [0.29, 0.717) is 0 Å². The fraction of sp³-hybridized carbons (Fsp3) is 0.733. The van der Waals surface area contributed by atoms with Crippen molar-refractivity contribution in [3.05, 3.63) is 22.8 Å².